The van der Waals surface area contributed by atoms with Crippen molar-refractivity contribution < 1.29 is 9.53 Å². The Morgan fingerprint density at radius 3 is 2.81 bits per heavy atom. The smallest absolute Gasteiger partial charge is 0.213 e. The van der Waals surface area contributed by atoms with Gasteiger partial charge in [-0.15, -0.1) is 0 Å². The van der Waals surface area contributed by atoms with Crippen LogP contribution in [0.15, 0.2) is 16.7 Å². The molecule has 2 rings (SSSR count). The van der Waals surface area contributed by atoms with Crippen LogP contribution in [0.2, 0.25) is 0 Å². The molecule has 0 radical (unpaired) electrons. The number of ketones is 1. The van der Waals surface area contributed by atoms with Gasteiger partial charge < -0.3 is 4.74 Å². The molecule has 0 saturated heterocycles. The van der Waals surface area contributed by atoms with E-state index in [4.69, 9.17) is 4.74 Å². The van der Waals surface area contributed by atoms with Crippen LogP contribution < -0.4 is 4.74 Å². The van der Waals surface area contributed by atoms with E-state index in [2.05, 4.69) is 20.9 Å². The van der Waals surface area contributed by atoms with E-state index in [1.54, 1.807) is 13.1 Å². The number of ether oxygens (including phenoxy) is 1. The minimum Gasteiger partial charge on any atom is -0.477 e. The van der Waals surface area contributed by atoms with Crippen LogP contribution in [0.3, 0.4) is 0 Å². The molecule has 3 nitrogen and oxygen atoms in total. The molecule has 0 unspecified atom stereocenters. The average molecular weight is 284 g/mol. The van der Waals surface area contributed by atoms with Crippen LogP contribution in [0.5, 0.6) is 5.88 Å². The minimum atomic E-state index is -0.220. The highest BCUT2D eigenvalue weighted by atomic mass is 79.9. The van der Waals surface area contributed by atoms with Gasteiger partial charge in [-0.1, -0.05) is 0 Å². The van der Waals surface area contributed by atoms with Crippen LogP contribution in [0, 0.1) is 12.3 Å². The van der Waals surface area contributed by atoms with E-state index in [1.165, 1.54) is 0 Å². The number of nitrogens with zero attached hydrogens (tertiary/aromatic N) is 1. The lowest BCUT2D eigenvalue weighted by molar-refractivity contribution is -0.123. The molecule has 1 aromatic heterocycles. The predicted molar refractivity (Wildman–Crippen MR) is 64.5 cm³/mol. The normalized spacial score (nSPS) is 16.9. The number of rotatable bonds is 4. The zero-order valence-corrected chi connectivity index (χ0v) is 11.0. The number of aromatic nitrogens is 1. The Labute approximate surface area is 103 Å². The van der Waals surface area contributed by atoms with Crippen molar-refractivity contribution in [2.75, 3.05) is 6.61 Å². The highest BCUT2D eigenvalue weighted by molar-refractivity contribution is 9.10. The Balaban J connectivity index is 2.00. The van der Waals surface area contributed by atoms with Crippen LogP contribution >= 0.6 is 15.9 Å². The Bertz CT molecular complexity index is 427. The Kier molecular flexibility index (Phi) is 3.02. The summed E-state index contributed by atoms with van der Waals surface area (Å²) in [5, 5.41) is 0. The molecular weight excluding hydrogens is 270 g/mol. The van der Waals surface area contributed by atoms with Gasteiger partial charge in [-0.25, -0.2) is 4.98 Å². The number of hydrogen-bond acceptors (Lipinski definition) is 3. The summed E-state index contributed by atoms with van der Waals surface area (Å²) in [4.78, 5) is 15.5. The number of pyridine rings is 1. The van der Waals surface area contributed by atoms with Crippen LogP contribution in [0.4, 0.5) is 0 Å². The molecule has 1 heterocycles. The van der Waals surface area contributed by atoms with Crippen LogP contribution in [0.1, 0.15) is 25.3 Å². The number of aryl methyl sites for hydroxylation is 1. The van der Waals surface area contributed by atoms with E-state index in [-0.39, 0.29) is 11.2 Å². The first-order chi connectivity index (χ1) is 7.53. The second kappa shape index (κ2) is 4.17. The van der Waals surface area contributed by atoms with Gasteiger partial charge >= 0.3 is 0 Å². The van der Waals surface area contributed by atoms with E-state index < -0.39 is 0 Å². The largest absolute Gasteiger partial charge is 0.477 e. The molecule has 16 heavy (non-hydrogen) atoms. The molecule has 0 N–H and O–H groups in total. The van der Waals surface area contributed by atoms with Crippen molar-refractivity contribution in [1.82, 2.24) is 4.98 Å². The van der Waals surface area contributed by atoms with Gasteiger partial charge in [0.2, 0.25) is 5.88 Å². The first-order valence-electron chi connectivity index (χ1n) is 5.29. The second-order valence-corrected chi connectivity index (χ2v) is 5.25. The Morgan fingerprint density at radius 1 is 1.62 bits per heavy atom. The maximum atomic E-state index is 11.4. The average Bonchev–Trinajstić information content (AvgIpc) is 3.01. The summed E-state index contributed by atoms with van der Waals surface area (Å²) in [6.07, 6.45) is 3.60. The van der Waals surface area contributed by atoms with Crippen molar-refractivity contribution in [3.8, 4) is 5.88 Å². The van der Waals surface area contributed by atoms with Crippen molar-refractivity contribution in [1.29, 1.82) is 0 Å². The summed E-state index contributed by atoms with van der Waals surface area (Å²) in [6.45, 7) is 4.07. The molecule has 1 fully saturated rings. The molecule has 0 amide bonds. The summed E-state index contributed by atoms with van der Waals surface area (Å²) in [5.41, 5.74) is 0.862. The molecule has 1 aliphatic rings. The van der Waals surface area contributed by atoms with E-state index in [0.717, 1.165) is 22.9 Å². The summed E-state index contributed by atoms with van der Waals surface area (Å²) in [5.74, 6) is 0.814. The highest BCUT2D eigenvalue weighted by Gasteiger charge is 2.48. The predicted octanol–water partition coefficient (Wildman–Crippen LogP) is 2.90. The topological polar surface area (TPSA) is 39.2 Å². The van der Waals surface area contributed by atoms with E-state index in [0.29, 0.717) is 12.5 Å². The third-order valence-corrected chi connectivity index (χ3v) is 3.95. The van der Waals surface area contributed by atoms with Crippen molar-refractivity contribution in [3.63, 3.8) is 0 Å². The molecule has 0 bridgehead atoms. The molecule has 0 spiro atoms. The molecule has 1 aromatic rings. The maximum Gasteiger partial charge on any atom is 0.213 e. The van der Waals surface area contributed by atoms with E-state index in [9.17, 15) is 4.79 Å². The van der Waals surface area contributed by atoms with Gasteiger partial charge in [0.15, 0.2) is 0 Å². The van der Waals surface area contributed by atoms with Gasteiger partial charge in [0.25, 0.3) is 0 Å². The van der Waals surface area contributed by atoms with Crippen molar-refractivity contribution >= 4 is 21.7 Å². The summed E-state index contributed by atoms with van der Waals surface area (Å²) in [6, 6.07) is 1.88. The SMILES string of the molecule is CC(=O)C1(COc2cc(C)c(Br)cn2)CC1. The van der Waals surface area contributed by atoms with Gasteiger partial charge in [0, 0.05) is 16.7 Å². The summed E-state index contributed by atoms with van der Waals surface area (Å²) >= 11 is 3.38. The maximum absolute atomic E-state index is 11.4. The van der Waals surface area contributed by atoms with Crippen LogP contribution in [0.25, 0.3) is 0 Å². The van der Waals surface area contributed by atoms with Crippen molar-refractivity contribution in [2.45, 2.75) is 26.7 Å². The van der Waals surface area contributed by atoms with Crippen molar-refractivity contribution in [2.24, 2.45) is 5.41 Å². The molecule has 0 aliphatic heterocycles. The summed E-state index contributed by atoms with van der Waals surface area (Å²) in [7, 11) is 0. The van der Waals surface area contributed by atoms with Gasteiger partial charge in [-0.2, -0.15) is 0 Å². The molecule has 1 aliphatic carbocycles. The highest BCUT2D eigenvalue weighted by Crippen LogP contribution is 2.46. The number of Topliss-reactive ketones (excluding diaryl/α,β-unsaturated/α-hetero) is 1. The summed E-state index contributed by atoms with van der Waals surface area (Å²) < 4.78 is 6.54. The van der Waals surface area contributed by atoms with Gasteiger partial charge in [-0.3, -0.25) is 4.79 Å². The molecule has 1 saturated carbocycles. The second-order valence-electron chi connectivity index (χ2n) is 4.40. The third-order valence-electron chi connectivity index (χ3n) is 3.12. The molecule has 0 atom stereocenters. The monoisotopic (exact) mass is 283 g/mol. The Hall–Kier alpha value is -0.900. The molecule has 86 valence electrons. The molecule has 4 heteroatoms. The fourth-order valence-corrected chi connectivity index (χ4v) is 1.77. The zero-order chi connectivity index (χ0) is 11.8. The fraction of sp³-hybridized carbons (Fsp3) is 0.500. The van der Waals surface area contributed by atoms with Crippen LogP contribution in [-0.4, -0.2) is 17.4 Å². The Morgan fingerprint density at radius 2 is 2.31 bits per heavy atom. The van der Waals surface area contributed by atoms with Gasteiger partial charge in [0.1, 0.15) is 12.4 Å². The number of hydrogen-bond donors (Lipinski definition) is 0. The minimum absolute atomic E-state index is 0.220. The number of carbonyl (C=O) groups excluding carboxylic acids is 1. The van der Waals surface area contributed by atoms with Gasteiger partial charge in [-0.05, 0) is 48.2 Å². The number of carbonyl (C=O) groups is 1. The van der Waals surface area contributed by atoms with Crippen LogP contribution in [-0.2, 0) is 4.79 Å². The van der Waals surface area contributed by atoms with Crippen molar-refractivity contribution in [3.05, 3.63) is 22.3 Å². The number of halogens is 1. The lowest BCUT2D eigenvalue weighted by Gasteiger charge is -2.12. The van der Waals surface area contributed by atoms with E-state index >= 15 is 0 Å². The fourth-order valence-electron chi connectivity index (χ4n) is 1.55. The molecular formula is C12H14BrNO2. The van der Waals surface area contributed by atoms with E-state index in [1.807, 2.05) is 13.0 Å². The zero-order valence-electron chi connectivity index (χ0n) is 9.42. The van der Waals surface area contributed by atoms with Gasteiger partial charge in [0.05, 0.1) is 5.41 Å². The lowest BCUT2D eigenvalue weighted by atomic mass is 10.0. The quantitative estimate of drug-likeness (QED) is 0.853. The molecule has 0 aromatic carbocycles. The first kappa shape index (κ1) is 11.6. The lowest BCUT2D eigenvalue weighted by Crippen LogP contribution is -2.21. The first-order valence-corrected chi connectivity index (χ1v) is 6.09. The standard InChI is InChI=1S/C12H14BrNO2/c1-8-5-11(14-6-10(8)13)16-7-12(3-4-12)9(2)15/h5-6H,3-4,7H2,1-2H3. The third kappa shape index (κ3) is 2.26.